The van der Waals surface area contributed by atoms with Gasteiger partial charge in [-0.3, -0.25) is 9.59 Å². The van der Waals surface area contributed by atoms with Crippen LogP contribution in [0.2, 0.25) is 0 Å². The second-order valence-electron chi connectivity index (χ2n) is 7.36. The molecule has 0 spiro atoms. The number of amides is 1. The molecule has 1 heterocycles. The molecule has 1 saturated heterocycles. The summed E-state index contributed by atoms with van der Waals surface area (Å²) in [7, 11) is -3.20. The molecule has 3 rings (SSSR count). The fourth-order valence-corrected chi connectivity index (χ4v) is 5.29. The van der Waals surface area contributed by atoms with Crippen LogP contribution in [0.25, 0.3) is 0 Å². The van der Waals surface area contributed by atoms with Crippen LogP contribution in [0.1, 0.15) is 44.9 Å². The van der Waals surface area contributed by atoms with Gasteiger partial charge in [0.2, 0.25) is 15.9 Å². The summed E-state index contributed by atoms with van der Waals surface area (Å²) in [6.45, 7) is 0.899. The van der Waals surface area contributed by atoms with E-state index in [2.05, 4.69) is 5.32 Å². The van der Waals surface area contributed by atoms with Crippen molar-refractivity contribution in [2.24, 2.45) is 17.8 Å². The van der Waals surface area contributed by atoms with E-state index >= 15 is 0 Å². The fraction of sp³-hybridized carbons (Fsp3) is 0.875. The van der Waals surface area contributed by atoms with E-state index in [9.17, 15) is 18.0 Å². The summed E-state index contributed by atoms with van der Waals surface area (Å²) >= 11 is 0. The van der Waals surface area contributed by atoms with Crippen molar-refractivity contribution >= 4 is 21.7 Å². The minimum atomic E-state index is -3.20. The fourth-order valence-electron chi connectivity index (χ4n) is 4.37. The Hall–Kier alpha value is -0.950. The maximum atomic E-state index is 12.6. The molecule has 130 valence electrons. The van der Waals surface area contributed by atoms with Crippen LogP contribution in [-0.4, -0.2) is 49.8 Å². The third-order valence-corrected chi connectivity index (χ3v) is 6.89. The summed E-state index contributed by atoms with van der Waals surface area (Å²) in [5.74, 6) is 0.418. The molecular weight excluding hydrogens is 316 g/mol. The van der Waals surface area contributed by atoms with E-state index in [0.717, 1.165) is 32.1 Å². The number of nitrogens with zero attached hydrogens (tertiary/aromatic N) is 1. The van der Waals surface area contributed by atoms with Crippen LogP contribution in [0.5, 0.6) is 0 Å². The number of hydrogen-bond acceptors (Lipinski definition) is 4. The molecule has 3 aliphatic rings. The van der Waals surface area contributed by atoms with Gasteiger partial charge in [0.25, 0.3) is 0 Å². The van der Waals surface area contributed by atoms with Gasteiger partial charge in [0.1, 0.15) is 5.78 Å². The zero-order valence-electron chi connectivity index (χ0n) is 13.7. The molecule has 0 aromatic rings. The summed E-state index contributed by atoms with van der Waals surface area (Å²) in [5, 5.41) is 3.04. The number of piperidine rings is 1. The van der Waals surface area contributed by atoms with Crippen LogP contribution >= 0.6 is 0 Å². The molecule has 1 N–H and O–H groups in total. The standard InChI is InChI=1S/C16H26N2O4S/c1-23(21,22)18-7-3-6-14(10-18)17-16(20)13-8-11-4-2-5-12(9-13)15(11)19/h11-14H,2-10H2,1H3,(H,17,20). The first-order chi connectivity index (χ1) is 10.8. The predicted molar refractivity (Wildman–Crippen MR) is 86.1 cm³/mol. The average molecular weight is 342 g/mol. The van der Waals surface area contributed by atoms with Crippen molar-refractivity contribution in [3.05, 3.63) is 0 Å². The Morgan fingerprint density at radius 3 is 2.39 bits per heavy atom. The van der Waals surface area contributed by atoms with E-state index < -0.39 is 10.0 Å². The monoisotopic (exact) mass is 342 g/mol. The molecule has 3 atom stereocenters. The van der Waals surface area contributed by atoms with Gasteiger partial charge in [-0.1, -0.05) is 6.42 Å². The average Bonchev–Trinajstić information content (AvgIpc) is 2.46. The van der Waals surface area contributed by atoms with Gasteiger partial charge in [-0.15, -0.1) is 0 Å². The molecule has 2 saturated carbocycles. The Morgan fingerprint density at radius 2 is 1.78 bits per heavy atom. The van der Waals surface area contributed by atoms with Crippen molar-refractivity contribution in [3.63, 3.8) is 0 Å². The number of nitrogens with one attached hydrogen (secondary N) is 1. The van der Waals surface area contributed by atoms with Crippen molar-refractivity contribution in [2.75, 3.05) is 19.3 Å². The lowest BCUT2D eigenvalue weighted by molar-refractivity contribution is -0.138. The van der Waals surface area contributed by atoms with E-state index in [1.54, 1.807) is 0 Å². The molecule has 23 heavy (non-hydrogen) atoms. The minimum absolute atomic E-state index is 0.00903. The zero-order chi connectivity index (χ0) is 16.6. The number of sulfonamides is 1. The second kappa shape index (κ2) is 6.51. The Morgan fingerprint density at radius 1 is 1.13 bits per heavy atom. The number of carbonyl (C=O) groups excluding carboxylic acids is 2. The van der Waals surface area contributed by atoms with Gasteiger partial charge < -0.3 is 5.32 Å². The lowest BCUT2D eigenvalue weighted by atomic mass is 9.67. The molecule has 2 bridgehead atoms. The number of Topliss-reactive ketones (excluding diaryl/α,β-unsaturated/α-hetero) is 1. The maximum absolute atomic E-state index is 12.6. The Kier molecular flexibility index (Phi) is 4.78. The molecule has 0 aromatic carbocycles. The highest BCUT2D eigenvalue weighted by atomic mass is 32.2. The predicted octanol–water partition coefficient (Wildman–Crippen LogP) is 0.922. The van der Waals surface area contributed by atoms with Crippen molar-refractivity contribution in [1.29, 1.82) is 0 Å². The van der Waals surface area contributed by atoms with Gasteiger partial charge in [-0.2, -0.15) is 0 Å². The van der Waals surface area contributed by atoms with Crippen molar-refractivity contribution in [3.8, 4) is 0 Å². The lowest BCUT2D eigenvalue weighted by Gasteiger charge is -2.38. The first kappa shape index (κ1) is 16.9. The van der Waals surface area contributed by atoms with Gasteiger partial charge in [-0.25, -0.2) is 12.7 Å². The normalized spacial score (nSPS) is 35.8. The van der Waals surface area contributed by atoms with E-state index in [0.29, 0.717) is 31.7 Å². The molecular formula is C16H26N2O4S. The summed E-state index contributed by atoms with van der Waals surface area (Å²) < 4.78 is 24.8. The van der Waals surface area contributed by atoms with Gasteiger partial charge in [-0.05, 0) is 38.5 Å². The summed E-state index contributed by atoms with van der Waals surface area (Å²) in [4.78, 5) is 24.7. The van der Waals surface area contributed by atoms with Crippen molar-refractivity contribution in [2.45, 2.75) is 51.0 Å². The molecule has 0 radical (unpaired) electrons. The molecule has 0 aromatic heterocycles. The molecule has 7 heteroatoms. The van der Waals surface area contributed by atoms with Gasteiger partial charge in [0, 0.05) is 36.9 Å². The second-order valence-corrected chi connectivity index (χ2v) is 9.35. The lowest BCUT2D eigenvalue weighted by Crippen LogP contribution is -2.51. The molecule has 3 fully saturated rings. The highest BCUT2D eigenvalue weighted by Gasteiger charge is 2.41. The third kappa shape index (κ3) is 3.76. The van der Waals surface area contributed by atoms with Gasteiger partial charge in [0.05, 0.1) is 6.26 Å². The Bertz CT molecular complexity index is 573. The first-order valence-electron chi connectivity index (χ1n) is 8.64. The minimum Gasteiger partial charge on any atom is -0.352 e. The zero-order valence-corrected chi connectivity index (χ0v) is 14.5. The van der Waals surface area contributed by atoms with E-state index in [4.69, 9.17) is 0 Å². The van der Waals surface area contributed by atoms with Gasteiger partial charge >= 0.3 is 0 Å². The summed E-state index contributed by atoms with van der Waals surface area (Å²) in [6.07, 6.45) is 7.08. The van der Waals surface area contributed by atoms with E-state index in [1.807, 2.05) is 0 Å². The van der Waals surface area contributed by atoms with Gasteiger partial charge in [0.15, 0.2) is 0 Å². The molecule has 2 aliphatic carbocycles. The highest BCUT2D eigenvalue weighted by Crippen LogP contribution is 2.40. The maximum Gasteiger partial charge on any atom is 0.223 e. The van der Waals surface area contributed by atoms with Crippen molar-refractivity contribution in [1.82, 2.24) is 9.62 Å². The van der Waals surface area contributed by atoms with E-state index in [-0.39, 0.29) is 29.7 Å². The topological polar surface area (TPSA) is 83.6 Å². The van der Waals surface area contributed by atoms with E-state index in [1.165, 1.54) is 10.6 Å². The summed E-state index contributed by atoms with van der Waals surface area (Å²) in [6, 6.07) is -0.108. The number of ketones is 1. The first-order valence-corrected chi connectivity index (χ1v) is 10.5. The van der Waals surface area contributed by atoms with Crippen LogP contribution in [0.15, 0.2) is 0 Å². The number of hydrogen-bond donors (Lipinski definition) is 1. The smallest absolute Gasteiger partial charge is 0.223 e. The largest absolute Gasteiger partial charge is 0.352 e. The molecule has 3 unspecified atom stereocenters. The highest BCUT2D eigenvalue weighted by molar-refractivity contribution is 7.88. The molecule has 1 aliphatic heterocycles. The third-order valence-electron chi connectivity index (χ3n) is 5.62. The van der Waals surface area contributed by atoms with Crippen molar-refractivity contribution < 1.29 is 18.0 Å². The van der Waals surface area contributed by atoms with Crippen LogP contribution in [0.4, 0.5) is 0 Å². The number of carbonyl (C=O) groups is 2. The van der Waals surface area contributed by atoms with Crippen LogP contribution in [0.3, 0.4) is 0 Å². The van der Waals surface area contributed by atoms with Crippen LogP contribution in [0, 0.1) is 17.8 Å². The SMILES string of the molecule is CS(=O)(=O)N1CCCC(NC(=O)C2CC3CCCC(C2)C3=O)C1. The summed E-state index contributed by atoms with van der Waals surface area (Å²) in [5.41, 5.74) is 0. The van der Waals surface area contributed by atoms with Crippen LogP contribution < -0.4 is 5.32 Å². The Balaban J connectivity index is 1.58. The Labute approximate surface area is 138 Å². The number of fused-ring (bicyclic) bond motifs is 2. The number of rotatable bonds is 3. The molecule has 6 nitrogen and oxygen atoms in total. The van der Waals surface area contributed by atoms with Crippen LogP contribution in [-0.2, 0) is 19.6 Å². The molecule has 1 amide bonds. The quantitative estimate of drug-likeness (QED) is 0.827.